The van der Waals surface area contributed by atoms with Gasteiger partial charge in [0, 0.05) is 0 Å². The van der Waals surface area contributed by atoms with Crippen LogP contribution in [0.15, 0.2) is 0 Å². The first-order valence-electron chi connectivity index (χ1n) is 3.50. The van der Waals surface area contributed by atoms with E-state index in [2.05, 4.69) is 0 Å². The second kappa shape index (κ2) is 6.80. The molecule has 0 unspecified atom stereocenters. The van der Waals surface area contributed by atoms with Gasteiger partial charge in [0.1, 0.15) is 0 Å². The van der Waals surface area contributed by atoms with Gasteiger partial charge in [0.15, 0.2) is 0 Å². The summed E-state index contributed by atoms with van der Waals surface area (Å²) in [5, 5.41) is 9.13. The molecule has 0 atom stereocenters. The van der Waals surface area contributed by atoms with Crippen LogP contribution in [0.25, 0.3) is 0 Å². The Bertz CT molecular complexity index is 103. The fraction of sp³-hybridized carbons (Fsp3) is 1.00. The van der Waals surface area contributed by atoms with E-state index in [4.69, 9.17) is 19.5 Å². The van der Waals surface area contributed by atoms with Crippen LogP contribution in [-0.4, -0.2) is 20.5 Å². The molecule has 5 heteroatoms. The quantitative estimate of drug-likeness (QED) is 0.557. The third kappa shape index (κ3) is 17.8. The van der Waals surface area contributed by atoms with Gasteiger partial charge in [-0.3, -0.25) is 4.57 Å². The summed E-state index contributed by atoms with van der Waals surface area (Å²) in [6, 6.07) is 0. The van der Waals surface area contributed by atoms with Gasteiger partial charge in [0.05, 0.1) is 5.60 Å². The van der Waals surface area contributed by atoms with E-state index in [-0.39, 0.29) is 0 Å². The van der Waals surface area contributed by atoms with Gasteiger partial charge in [-0.05, 0) is 19.8 Å². The molecule has 0 aromatic carbocycles. The van der Waals surface area contributed by atoms with Gasteiger partial charge in [-0.15, -0.1) is 0 Å². The summed E-state index contributed by atoms with van der Waals surface area (Å²) >= 11 is 0. The molecule has 0 aromatic heterocycles. The molecule has 70 valence electrons. The lowest BCUT2D eigenvalue weighted by atomic mass is 10.0. The van der Waals surface area contributed by atoms with Crippen LogP contribution >= 0.6 is 8.25 Å². The molecule has 0 aliphatic carbocycles. The van der Waals surface area contributed by atoms with Gasteiger partial charge < -0.3 is 14.9 Å². The second-order valence-electron chi connectivity index (χ2n) is 2.49. The Hall–Kier alpha value is 0.110. The van der Waals surface area contributed by atoms with Gasteiger partial charge >= 0.3 is 8.25 Å². The van der Waals surface area contributed by atoms with Crippen LogP contribution in [-0.2, 0) is 4.57 Å². The minimum atomic E-state index is -3.13. The minimum absolute atomic E-state index is 0.417. The highest BCUT2D eigenvalue weighted by Crippen LogP contribution is 2.11. The highest BCUT2D eigenvalue weighted by molar-refractivity contribution is 7.30. The molecule has 0 heterocycles. The number of hydrogen-bond acceptors (Lipinski definition) is 2. The smallest absolute Gasteiger partial charge is 0.314 e. The van der Waals surface area contributed by atoms with Crippen molar-refractivity contribution in [3.8, 4) is 0 Å². The molecular formula is C6H17O4P. The summed E-state index contributed by atoms with van der Waals surface area (Å²) in [6.07, 6.45) is 1.70. The molecule has 0 saturated carbocycles. The molecule has 11 heavy (non-hydrogen) atoms. The molecule has 0 radical (unpaired) electrons. The molecular weight excluding hydrogens is 167 g/mol. The molecule has 0 bridgehead atoms. The summed E-state index contributed by atoms with van der Waals surface area (Å²) < 4.78 is 8.74. The Labute approximate surface area is 67.8 Å². The Morgan fingerprint density at radius 2 is 1.45 bits per heavy atom. The molecule has 3 N–H and O–H groups in total. The maximum Gasteiger partial charge on any atom is 0.314 e. The predicted molar refractivity (Wildman–Crippen MR) is 44.6 cm³/mol. The first-order valence-corrected chi connectivity index (χ1v) is 4.80. The zero-order valence-corrected chi connectivity index (χ0v) is 8.16. The van der Waals surface area contributed by atoms with Crippen molar-refractivity contribution >= 4 is 8.25 Å². The molecule has 4 nitrogen and oxygen atoms in total. The molecule has 0 aliphatic heterocycles. The van der Waals surface area contributed by atoms with Crippen LogP contribution in [0, 0.1) is 0 Å². The fourth-order valence-corrected chi connectivity index (χ4v) is 0.250. The van der Waals surface area contributed by atoms with Crippen molar-refractivity contribution in [1.29, 1.82) is 0 Å². The Morgan fingerprint density at radius 1 is 1.27 bits per heavy atom. The Morgan fingerprint density at radius 3 is 1.45 bits per heavy atom. The van der Waals surface area contributed by atoms with Crippen molar-refractivity contribution in [3.05, 3.63) is 0 Å². The minimum Gasteiger partial charge on any atom is -0.390 e. The van der Waals surface area contributed by atoms with E-state index in [0.29, 0.717) is 0 Å². The molecule has 0 spiro atoms. The lowest BCUT2D eigenvalue weighted by molar-refractivity contribution is 0.0521. The van der Waals surface area contributed by atoms with Gasteiger partial charge in [-0.25, -0.2) is 0 Å². The topological polar surface area (TPSA) is 77.8 Å². The van der Waals surface area contributed by atoms with Crippen molar-refractivity contribution in [3.63, 3.8) is 0 Å². The second-order valence-corrected chi connectivity index (χ2v) is 3.05. The lowest BCUT2D eigenvalue weighted by Gasteiger charge is -2.17. The van der Waals surface area contributed by atoms with Crippen LogP contribution in [0.5, 0.6) is 0 Å². The van der Waals surface area contributed by atoms with E-state index in [1.54, 1.807) is 0 Å². The van der Waals surface area contributed by atoms with Crippen molar-refractivity contribution in [2.45, 2.75) is 39.2 Å². The normalized spacial score (nSPS) is 10.8. The summed E-state index contributed by atoms with van der Waals surface area (Å²) in [6.45, 7) is 5.83. The average molecular weight is 184 g/mol. The van der Waals surface area contributed by atoms with Crippen molar-refractivity contribution in [2.75, 3.05) is 0 Å². The molecule has 0 fully saturated rings. The van der Waals surface area contributed by atoms with E-state index in [1.807, 2.05) is 20.8 Å². The Balaban J connectivity index is 0. The largest absolute Gasteiger partial charge is 0.390 e. The van der Waals surface area contributed by atoms with Gasteiger partial charge in [0.2, 0.25) is 0 Å². The van der Waals surface area contributed by atoms with Gasteiger partial charge in [0.25, 0.3) is 0 Å². The van der Waals surface area contributed by atoms with Crippen LogP contribution in [0.2, 0.25) is 0 Å². The van der Waals surface area contributed by atoms with Crippen molar-refractivity contribution in [1.82, 2.24) is 0 Å². The average Bonchev–Trinajstić information content (AvgIpc) is 1.87. The SMILES string of the molecule is CCC(C)(O)CC.O=[PH](O)O. The zero-order valence-electron chi connectivity index (χ0n) is 7.16. The van der Waals surface area contributed by atoms with Crippen LogP contribution < -0.4 is 0 Å². The van der Waals surface area contributed by atoms with Crippen LogP contribution in [0.1, 0.15) is 33.6 Å². The van der Waals surface area contributed by atoms with Crippen molar-refractivity contribution < 1.29 is 19.5 Å². The third-order valence-electron chi connectivity index (χ3n) is 1.52. The van der Waals surface area contributed by atoms with Gasteiger partial charge in [-0.2, -0.15) is 0 Å². The summed E-state index contributed by atoms with van der Waals surface area (Å²) in [5.74, 6) is 0. The lowest BCUT2D eigenvalue weighted by Crippen LogP contribution is -2.20. The van der Waals surface area contributed by atoms with Gasteiger partial charge in [-0.1, -0.05) is 13.8 Å². The highest BCUT2D eigenvalue weighted by atomic mass is 31.1. The number of rotatable bonds is 2. The van der Waals surface area contributed by atoms with E-state index in [1.165, 1.54) is 0 Å². The van der Waals surface area contributed by atoms with Crippen LogP contribution in [0.4, 0.5) is 0 Å². The van der Waals surface area contributed by atoms with E-state index >= 15 is 0 Å². The van der Waals surface area contributed by atoms with E-state index < -0.39 is 13.9 Å². The maximum absolute atomic E-state index is 9.13. The first-order chi connectivity index (χ1) is 4.85. The monoisotopic (exact) mass is 184 g/mol. The summed E-state index contributed by atoms with van der Waals surface area (Å²) in [5.41, 5.74) is -0.417. The zero-order chi connectivity index (χ0) is 9.49. The number of aliphatic hydroxyl groups is 1. The maximum atomic E-state index is 9.13. The standard InChI is InChI=1S/C6H14O.H3O3P/c1-4-6(3,7)5-2;1-4(2)3/h7H,4-5H2,1-3H3;4H,(H2,1,2,3). The van der Waals surface area contributed by atoms with Crippen molar-refractivity contribution in [2.24, 2.45) is 0 Å². The van der Waals surface area contributed by atoms with Crippen LogP contribution in [0.3, 0.4) is 0 Å². The van der Waals surface area contributed by atoms with E-state index in [9.17, 15) is 0 Å². The molecule has 0 aromatic rings. The predicted octanol–water partition coefficient (Wildman–Crippen LogP) is 0.918. The first kappa shape index (κ1) is 13.7. The molecule has 0 saturated heterocycles. The summed E-state index contributed by atoms with van der Waals surface area (Å²) in [4.78, 5) is 14.3. The summed E-state index contributed by atoms with van der Waals surface area (Å²) in [7, 11) is -3.13. The highest BCUT2D eigenvalue weighted by Gasteiger charge is 2.12. The molecule has 0 amide bonds. The third-order valence-corrected chi connectivity index (χ3v) is 1.52. The number of hydrogen-bond donors (Lipinski definition) is 3. The Kier molecular flexibility index (Phi) is 8.46. The molecule has 0 rings (SSSR count). The molecule has 0 aliphatic rings. The van der Waals surface area contributed by atoms with E-state index in [0.717, 1.165) is 12.8 Å². The fourth-order valence-electron chi connectivity index (χ4n) is 0.250.